The predicted octanol–water partition coefficient (Wildman–Crippen LogP) is 2.25. The first-order chi connectivity index (χ1) is 7.38. The molecule has 0 saturated heterocycles. The highest BCUT2D eigenvalue weighted by Crippen LogP contribution is 2.16. The molecular formula is C12H20ClN3O. The monoisotopic (exact) mass is 257 g/mol. The quantitative estimate of drug-likeness (QED) is 0.873. The van der Waals surface area contributed by atoms with E-state index in [9.17, 15) is 4.79 Å². The van der Waals surface area contributed by atoms with E-state index < -0.39 is 0 Å². The number of nitrogens with two attached hydrogens (primary N) is 1. The van der Waals surface area contributed by atoms with E-state index in [1.165, 1.54) is 0 Å². The summed E-state index contributed by atoms with van der Waals surface area (Å²) in [7, 11) is 0. The second-order valence-electron chi connectivity index (χ2n) is 5.01. The van der Waals surface area contributed by atoms with E-state index in [0.717, 1.165) is 6.42 Å². The Labute approximate surface area is 108 Å². The smallest absolute Gasteiger partial charge is 0.269 e. The van der Waals surface area contributed by atoms with Crippen LogP contribution in [0.25, 0.3) is 0 Å². The molecule has 5 heteroatoms. The van der Waals surface area contributed by atoms with Crippen LogP contribution in [0, 0.1) is 5.41 Å². The Morgan fingerprint density at radius 2 is 2.06 bits per heavy atom. The van der Waals surface area contributed by atoms with Gasteiger partial charge < -0.3 is 11.1 Å². The molecule has 1 aromatic heterocycles. The molecule has 0 aliphatic rings. The Morgan fingerprint density at radius 1 is 1.41 bits per heavy atom. The molecule has 0 fully saturated rings. The van der Waals surface area contributed by atoms with Crippen molar-refractivity contribution in [1.82, 2.24) is 10.3 Å². The van der Waals surface area contributed by atoms with Gasteiger partial charge in [-0.15, -0.1) is 12.4 Å². The van der Waals surface area contributed by atoms with Crippen LogP contribution in [0.4, 0.5) is 5.82 Å². The molecule has 0 unspecified atom stereocenters. The summed E-state index contributed by atoms with van der Waals surface area (Å²) in [6.45, 7) is 7.06. The van der Waals surface area contributed by atoms with E-state index in [-0.39, 0.29) is 23.7 Å². The van der Waals surface area contributed by atoms with Crippen molar-refractivity contribution in [3.63, 3.8) is 0 Å². The zero-order valence-electron chi connectivity index (χ0n) is 10.5. The number of hydrogen-bond acceptors (Lipinski definition) is 3. The van der Waals surface area contributed by atoms with Crippen LogP contribution < -0.4 is 11.1 Å². The van der Waals surface area contributed by atoms with Crippen LogP contribution >= 0.6 is 12.4 Å². The lowest BCUT2D eigenvalue weighted by Gasteiger charge is -2.17. The maximum absolute atomic E-state index is 11.7. The van der Waals surface area contributed by atoms with Gasteiger partial charge in [-0.05, 0) is 24.0 Å². The number of nitrogens with one attached hydrogen (secondary N) is 1. The minimum absolute atomic E-state index is 0. The van der Waals surface area contributed by atoms with Crippen molar-refractivity contribution in [3.05, 3.63) is 23.9 Å². The summed E-state index contributed by atoms with van der Waals surface area (Å²) >= 11 is 0. The van der Waals surface area contributed by atoms with Gasteiger partial charge in [0, 0.05) is 6.54 Å². The van der Waals surface area contributed by atoms with Crippen LogP contribution in [0.1, 0.15) is 37.7 Å². The largest absolute Gasteiger partial charge is 0.384 e. The molecule has 0 spiro atoms. The van der Waals surface area contributed by atoms with Crippen LogP contribution in [-0.4, -0.2) is 17.4 Å². The van der Waals surface area contributed by atoms with Crippen LogP contribution in [-0.2, 0) is 0 Å². The average molecular weight is 258 g/mol. The van der Waals surface area contributed by atoms with Crippen molar-refractivity contribution >= 4 is 24.1 Å². The van der Waals surface area contributed by atoms with Crippen molar-refractivity contribution in [2.24, 2.45) is 5.41 Å². The van der Waals surface area contributed by atoms with E-state index in [2.05, 4.69) is 31.1 Å². The highest BCUT2D eigenvalue weighted by molar-refractivity contribution is 5.92. The van der Waals surface area contributed by atoms with Gasteiger partial charge in [-0.25, -0.2) is 4.98 Å². The van der Waals surface area contributed by atoms with Gasteiger partial charge in [0.1, 0.15) is 11.5 Å². The summed E-state index contributed by atoms with van der Waals surface area (Å²) in [6, 6.07) is 5.04. The van der Waals surface area contributed by atoms with Gasteiger partial charge in [0.25, 0.3) is 5.91 Å². The number of carbonyl (C=O) groups is 1. The maximum atomic E-state index is 11.7. The molecule has 0 radical (unpaired) electrons. The fraction of sp³-hybridized carbons (Fsp3) is 0.500. The molecule has 1 rings (SSSR count). The second-order valence-corrected chi connectivity index (χ2v) is 5.01. The Hall–Kier alpha value is -1.29. The van der Waals surface area contributed by atoms with Crippen LogP contribution in [0.2, 0.25) is 0 Å². The maximum Gasteiger partial charge on any atom is 0.269 e. The van der Waals surface area contributed by atoms with Crippen molar-refractivity contribution in [1.29, 1.82) is 0 Å². The van der Waals surface area contributed by atoms with Crippen molar-refractivity contribution in [2.75, 3.05) is 12.3 Å². The SMILES string of the molecule is CC(C)(C)CCNC(=O)c1cccc(N)n1.Cl. The minimum atomic E-state index is -0.170. The first-order valence-electron chi connectivity index (χ1n) is 5.39. The Kier molecular flexibility index (Phi) is 5.96. The minimum Gasteiger partial charge on any atom is -0.384 e. The number of pyridine rings is 1. The van der Waals surface area contributed by atoms with Gasteiger partial charge >= 0.3 is 0 Å². The second kappa shape index (κ2) is 6.45. The molecule has 0 aromatic carbocycles. The van der Waals surface area contributed by atoms with Crippen molar-refractivity contribution in [2.45, 2.75) is 27.2 Å². The van der Waals surface area contributed by atoms with E-state index in [0.29, 0.717) is 18.1 Å². The highest BCUT2D eigenvalue weighted by Gasteiger charge is 2.11. The number of nitrogens with zero attached hydrogens (tertiary/aromatic N) is 1. The predicted molar refractivity (Wildman–Crippen MR) is 72.3 cm³/mol. The summed E-state index contributed by atoms with van der Waals surface area (Å²) < 4.78 is 0. The third kappa shape index (κ3) is 6.12. The molecule has 0 bridgehead atoms. The Balaban J connectivity index is 0.00000256. The zero-order valence-corrected chi connectivity index (χ0v) is 11.3. The van der Waals surface area contributed by atoms with Crippen LogP contribution in [0.15, 0.2) is 18.2 Å². The topological polar surface area (TPSA) is 68.0 Å². The molecule has 17 heavy (non-hydrogen) atoms. The average Bonchev–Trinajstić information content (AvgIpc) is 2.15. The fourth-order valence-corrected chi connectivity index (χ4v) is 1.22. The molecule has 0 saturated carbocycles. The molecule has 0 aliphatic carbocycles. The van der Waals surface area contributed by atoms with E-state index in [1.807, 2.05) is 0 Å². The first-order valence-corrected chi connectivity index (χ1v) is 5.39. The van der Waals surface area contributed by atoms with Gasteiger partial charge in [0.2, 0.25) is 0 Å². The molecule has 1 heterocycles. The molecule has 1 amide bonds. The number of halogens is 1. The molecule has 0 aliphatic heterocycles. The lowest BCUT2D eigenvalue weighted by atomic mass is 9.92. The summed E-state index contributed by atoms with van der Waals surface area (Å²) in [5.41, 5.74) is 6.09. The lowest BCUT2D eigenvalue weighted by molar-refractivity contribution is 0.0944. The molecule has 0 atom stereocenters. The van der Waals surface area contributed by atoms with E-state index in [1.54, 1.807) is 18.2 Å². The summed E-state index contributed by atoms with van der Waals surface area (Å²) in [6.07, 6.45) is 0.932. The Bertz CT molecular complexity index is 374. The van der Waals surface area contributed by atoms with E-state index in [4.69, 9.17) is 5.73 Å². The van der Waals surface area contributed by atoms with Crippen molar-refractivity contribution in [3.8, 4) is 0 Å². The normalized spacial score (nSPS) is 10.5. The van der Waals surface area contributed by atoms with Gasteiger partial charge in [0.15, 0.2) is 0 Å². The number of carbonyl (C=O) groups excluding carboxylic acids is 1. The molecule has 3 N–H and O–H groups in total. The van der Waals surface area contributed by atoms with E-state index >= 15 is 0 Å². The summed E-state index contributed by atoms with van der Waals surface area (Å²) in [5, 5.41) is 2.83. The molecule has 4 nitrogen and oxygen atoms in total. The third-order valence-electron chi connectivity index (χ3n) is 2.16. The lowest BCUT2D eigenvalue weighted by Crippen LogP contribution is -2.28. The fourth-order valence-electron chi connectivity index (χ4n) is 1.22. The number of nitrogen functional groups attached to an aromatic ring is 1. The zero-order chi connectivity index (χ0) is 12.2. The van der Waals surface area contributed by atoms with Gasteiger partial charge in [-0.3, -0.25) is 4.79 Å². The van der Waals surface area contributed by atoms with Gasteiger partial charge in [-0.1, -0.05) is 26.8 Å². The van der Waals surface area contributed by atoms with Crippen LogP contribution in [0.3, 0.4) is 0 Å². The standard InChI is InChI=1S/C12H19N3O.ClH/c1-12(2,3)7-8-14-11(16)9-5-4-6-10(13)15-9;/h4-6H,7-8H2,1-3H3,(H2,13,15)(H,14,16);1H. The molecule has 96 valence electrons. The molecule has 1 aromatic rings. The summed E-state index contributed by atoms with van der Waals surface area (Å²) in [5.74, 6) is 0.194. The number of anilines is 1. The van der Waals surface area contributed by atoms with Gasteiger partial charge in [0.05, 0.1) is 0 Å². The highest BCUT2D eigenvalue weighted by atomic mass is 35.5. The number of aromatic nitrogens is 1. The Morgan fingerprint density at radius 3 is 2.59 bits per heavy atom. The van der Waals surface area contributed by atoms with Crippen molar-refractivity contribution < 1.29 is 4.79 Å². The first kappa shape index (κ1) is 15.7. The number of amides is 1. The van der Waals surface area contributed by atoms with Crippen LogP contribution in [0.5, 0.6) is 0 Å². The molecular weight excluding hydrogens is 238 g/mol. The summed E-state index contributed by atoms with van der Waals surface area (Å²) in [4.78, 5) is 15.6. The number of rotatable bonds is 3. The number of hydrogen-bond donors (Lipinski definition) is 2. The van der Waals surface area contributed by atoms with Gasteiger partial charge in [-0.2, -0.15) is 0 Å². The third-order valence-corrected chi connectivity index (χ3v) is 2.16.